The van der Waals surface area contributed by atoms with Gasteiger partial charge in [-0.15, -0.1) is 0 Å². The average Bonchev–Trinajstić information content (AvgIpc) is 2.59. The maximum atomic E-state index is 9.52. The topological polar surface area (TPSA) is 47.3 Å². The lowest BCUT2D eigenvalue weighted by molar-refractivity contribution is 0.124. The summed E-state index contributed by atoms with van der Waals surface area (Å²) in [6.45, 7) is 1.04. The van der Waals surface area contributed by atoms with Crippen LogP contribution in [0.2, 0.25) is 0 Å². The van der Waals surface area contributed by atoms with Gasteiger partial charge in [0.05, 0.1) is 31.6 Å². The summed E-state index contributed by atoms with van der Waals surface area (Å²) in [7, 11) is 1.92. The predicted molar refractivity (Wildman–Crippen MR) is 42.8 cm³/mol. The minimum Gasteiger partial charge on any atom is -0.390 e. The molecule has 1 aliphatic heterocycles. The van der Waals surface area contributed by atoms with E-state index in [1.165, 1.54) is 0 Å². The fourth-order valence-electron chi connectivity index (χ4n) is 1.55. The Morgan fingerprint density at radius 3 is 3.00 bits per heavy atom. The van der Waals surface area contributed by atoms with Gasteiger partial charge in [0.2, 0.25) is 0 Å². The fraction of sp³-hybridized carbons (Fsp3) is 0.625. The Hall–Kier alpha value is -0.870. The Balaban J connectivity index is 2.24. The van der Waals surface area contributed by atoms with E-state index in [1.54, 1.807) is 12.5 Å². The number of aliphatic hydroxyl groups excluding tert-OH is 1. The second-order valence-electron chi connectivity index (χ2n) is 3.14. The normalized spacial score (nSPS) is 29.5. The van der Waals surface area contributed by atoms with Crippen LogP contribution in [0.3, 0.4) is 0 Å². The van der Waals surface area contributed by atoms with Crippen LogP contribution >= 0.6 is 0 Å². The van der Waals surface area contributed by atoms with Crippen LogP contribution < -0.4 is 0 Å². The van der Waals surface area contributed by atoms with E-state index in [4.69, 9.17) is 4.74 Å². The van der Waals surface area contributed by atoms with Gasteiger partial charge in [-0.05, 0) is 0 Å². The molecule has 4 heteroatoms. The highest BCUT2D eigenvalue weighted by molar-refractivity contribution is 5.10. The van der Waals surface area contributed by atoms with Crippen molar-refractivity contribution in [1.29, 1.82) is 0 Å². The van der Waals surface area contributed by atoms with E-state index < -0.39 is 0 Å². The van der Waals surface area contributed by atoms with Crippen molar-refractivity contribution < 1.29 is 9.84 Å². The van der Waals surface area contributed by atoms with E-state index in [0.29, 0.717) is 13.2 Å². The molecular weight excluding hydrogens is 156 g/mol. The first-order valence-electron chi connectivity index (χ1n) is 4.01. The molecule has 2 unspecified atom stereocenters. The molecule has 12 heavy (non-hydrogen) atoms. The highest BCUT2D eigenvalue weighted by atomic mass is 16.5. The van der Waals surface area contributed by atoms with E-state index in [1.807, 2.05) is 11.6 Å². The number of ether oxygens (including phenoxy) is 1. The number of aromatic nitrogens is 2. The van der Waals surface area contributed by atoms with Crippen molar-refractivity contribution in [3.63, 3.8) is 0 Å². The van der Waals surface area contributed by atoms with Gasteiger partial charge in [0, 0.05) is 18.9 Å². The zero-order chi connectivity index (χ0) is 8.55. The molecule has 0 bridgehead atoms. The number of nitrogens with zero attached hydrogens (tertiary/aromatic N) is 2. The van der Waals surface area contributed by atoms with E-state index >= 15 is 0 Å². The largest absolute Gasteiger partial charge is 0.390 e. The van der Waals surface area contributed by atoms with Crippen LogP contribution in [0, 0.1) is 0 Å². The maximum absolute atomic E-state index is 9.52. The summed E-state index contributed by atoms with van der Waals surface area (Å²) < 4.78 is 7.08. The second kappa shape index (κ2) is 2.88. The molecule has 0 amide bonds. The third kappa shape index (κ3) is 1.13. The van der Waals surface area contributed by atoms with Crippen LogP contribution in [0.5, 0.6) is 0 Å². The molecule has 1 aromatic heterocycles. The van der Waals surface area contributed by atoms with Gasteiger partial charge in [0.15, 0.2) is 0 Å². The molecule has 2 atom stereocenters. The summed E-state index contributed by atoms with van der Waals surface area (Å²) >= 11 is 0. The van der Waals surface area contributed by atoms with Crippen LogP contribution in [0.25, 0.3) is 0 Å². The van der Waals surface area contributed by atoms with E-state index in [0.717, 1.165) is 5.69 Å². The summed E-state index contributed by atoms with van der Waals surface area (Å²) in [6, 6.07) is 0. The van der Waals surface area contributed by atoms with Crippen LogP contribution in [0.4, 0.5) is 0 Å². The molecule has 1 N–H and O–H groups in total. The minimum absolute atomic E-state index is 0.0949. The standard InChI is InChI=1S/C8H12N2O2/c1-10-5-9-2-7(10)6-3-12-4-8(6)11/h2,5-6,8,11H,3-4H2,1H3. The number of hydrogen-bond donors (Lipinski definition) is 1. The number of aliphatic hydroxyl groups is 1. The van der Waals surface area contributed by atoms with Crippen molar-refractivity contribution in [3.8, 4) is 0 Å². The lowest BCUT2D eigenvalue weighted by Crippen LogP contribution is -2.17. The maximum Gasteiger partial charge on any atom is 0.0945 e. The highest BCUT2D eigenvalue weighted by Gasteiger charge is 2.29. The van der Waals surface area contributed by atoms with E-state index in [-0.39, 0.29) is 12.0 Å². The van der Waals surface area contributed by atoms with Crippen LogP contribution in [-0.2, 0) is 11.8 Å². The smallest absolute Gasteiger partial charge is 0.0945 e. The van der Waals surface area contributed by atoms with Crippen molar-refractivity contribution in [1.82, 2.24) is 9.55 Å². The SMILES string of the molecule is Cn1cncc1C1COCC1O. The molecule has 1 aliphatic rings. The number of rotatable bonds is 1. The van der Waals surface area contributed by atoms with Gasteiger partial charge in [0.25, 0.3) is 0 Å². The van der Waals surface area contributed by atoms with Gasteiger partial charge in [-0.25, -0.2) is 4.98 Å². The number of imidazole rings is 1. The van der Waals surface area contributed by atoms with Gasteiger partial charge < -0.3 is 14.4 Å². The summed E-state index contributed by atoms with van der Waals surface area (Å²) in [5.74, 6) is 0.0949. The van der Waals surface area contributed by atoms with Crippen molar-refractivity contribution in [2.75, 3.05) is 13.2 Å². The van der Waals surface area contributed by atoms with Crippen molar-refractivity contribution >= 4 is 0 Å². The first-order valence-corrected chi connectivity index (χ1v) is 4.01. The summed E-state index contributed by atoms with van der Waals surface area (Å²) in [5, 5.41) is 9.52. The molecule has 1 fully saturated rings. The second-order valence-corrected chi connectivity index (χ2v) is 3.14. The molecule has 0 aliphatic carbocycles. The lowest BCUT2D eigenvalue weighted by atomic mass is 10.0. The minimum atomic E-state index is -0.375. The van der Waals surface area contributed by atoms with Crippen molar-refractivity contribution in [2.45, 2.75) is 12.0 Å². The zero-order valence-corrected chi connectivity index (χ0v) is 6.97. The Morgan fingerprint density at radius 2 is 2.50 bits per heavy atom. The monoisotopic (exact) mass is 168 g/mol. The number of aryl methyl sites for hydroxylation is 1. The van der Waals surface area contributed by atoms with Gasteiger partial charge in [-0.3, -0.25) is 0 Å². The molecule has 1 aromatic rings. The van der Waals surface area contributed by atoms with E-state index in [9.17, 15) is 5.11 Å². The Morgan fingerprint density at radius 1 is 1.67 bits per heavy atom. The first-order chi connectivity index (χ1) is 5.79. The molecule has 2 heterocycles. The van der Waals surface area contributed by atoms with Crippen molar-refractivity contribution in [3.05, 3.63) is 18.2 Å². The van der Waals surface area contributed by atoms with Crippen LogP contribution in [-0.4, -0.2) is 34.0 Å². The van der Waals surface area contributed by atoms with Gasteiger partial charge >= 0.3 is 0 Å². The van der Waals surface area contributed by atoms with E-state index in [2.05, 4.69) is 4.98 Å². The Bertz CT molecular complexity index is 272. The highest BCUT2D eigenvalue weighted by Crippen LogP contribution is 2.24. The predicted octanol–water partition coefficient (Wildman–Crippen LogP) is -0.105. The third-order valence-corrected chi connectivity index (χ3v) is 2.28. The molecule has 0 spiro atoms. The molecule has 0 aromatic carbocycles. The zero-order valence-electron chi connectivity index (χ0n) is 6.97. The van der Waals surface area contributed by atoms with Gasteiger partial charge in [0.1, 0.15) is 0 Å². The Labute approximate surface area is 70.8 Å². The van der Waals surface area contributed by atoms with Crippen molar-refractivity contribution in [2.24, 2.45) is 7.05 Å². The summed E-state index contributed by atoms with van der Waals surface area (Å²) in [4.78, 5) is 4.00. The van der Waals surface area contributed by atoms with Crippen LogP contribution in [0.1, 0.15) is 11.6 Å². The average molecular weight is 168 g/mol. The molecule has 0 saturated carbocycles. The lowest BCUT2D eigenvalue weighted by Gasteiger charge is -2.11. The summed E-state index contributed by atoms with van der Waals surface area (Å²) in [6.07, 6.45) is 3.14. The van der Waals surface area contributed by atoms with Gasteiger partial charge in [-0.2, -0.15) is 0 Å². The molecule has 1 saturated heterocycles. The molecule has 2 rings (SSSR count). The molecule has 66 valence electrons. The Kier molecular flexibility index (Phi) is 1.86. The quantitative estimate of drug-likeness (QED) is 0.636. The molecular formula is C8H12N2O2. The van der Waals surface area contributed by atoms with Crippen LogP contribution in [0.15, 0.2) is 12.5 Å². The number of hydrogen-bond acceptors (Lipinski definition) is 3. The summed E-state index contributed by atoms with van der Waals surface area (Å²) in [5.41, 5.74) is 1.04. The molecule has 4 nitrogen and oxygen atoms in total. The fourth-order valence-corrected chi connectivity index (χ4v) is 1.55. The molecule has 0 radical (unpaired) electrons. The third-order valence-electron chi connectivity index (χ3n) is 2.28. The van der Waals surface area contributed by atoms with Gasteiger partial charge in [-0.1, -0.05) is 0 Å². The first kappa shape index (κ1) is 7.76.